The third-order valence-electron chi connectivity index (χ3n) is 6.30. The normalized spacial score (nSPS) is 16.7. The van der Waals surface area contributed by atoms with Crippen molar-refractivity contribution in [2.45, 2.75) is 56.8 Å². The van der Waals surface area contributed by atoms with Gasteiger partial charge in [-0.2, -0.15) is 13.2 Å². The summed E-state index contributed by atoms with van der Waals surface area (Å²) < 4.78 is 72.9. The molecule has 1 unspecified atom stereocenters. The molecule has 1 aliphatic carbocycles. The van der Waals surface area contributed by atoms with Gasteiger partial charge in [0, 0.05) is 48.8 Å². The van der Waals surface area contributed by atoms with E-state index in [1.165, 1.54) is 22.5 Å². The number of aryl methyl sites for hydroxylation is 1. The van der Waals surface area contributed by atoms with Crippen LogP contribution in [0.2, 0.25) is 0 Å². The number of allylic oxidation sites excluding steroid dienone is 3. The zero-order valence-corrected chi connectivity index (χ0v) is 22.4. The first-order valence-electron chi connectivity index (χ1n) is 12.5. The van der Waals surface area contributed by atoms with E-state index in [-0.39, 0.29) is 42.4 Å². The maximum absolute atomic E-state index is 13.6. The molecule has 1 aromatic heterocycles. The molecule has 0 fully saturated rings. The maximum atomic E-state index is 13.6. The highest BCUT2D eigenvalue weighted by atomic mass is 32.2. The fourth-order valence-electron chi connectivity index (χ4n) is 4.16. The number of benzene rings is 1. The largest absolute Gasteiger partial charge is 0.450 e. The van der Waals surface area contributed by atoms with Gasteiger partial charge in [0.1, 0.15) is 11.6 Å². The molecule has 1 atom stereocenters. The number of nitrogens with one attached hydrogen (secondary N) is 1. The number of amides is 1. The summed E-state index contributed by atoms with van der Waals surface area (Å²) in [5.74, 6) is -0.0409. The maximum Gasteiger partial charge on any atom is 0.416 e. The Morgan fingerprint density at radius 3 is 2.59 bits per heavy atom. The van der Waals surface area contributed by atoms with Crippen molar-refractivity contribution >= 4 is 28.7 Å². The number of halogens is 4. The molecule has 2 heterocycles. The number of hydrogen-bond donors (Lipinski definition) is 1. The standard InChI is InChI=1S/C28H29F4N3O3S/c1-18(2)35(39(37)27-15-21-14-23(29)10-11-25(21)38-27)17-26(36)34-16-19-5-3-4-12-33-24(13-19)20-6-8-22(9-7-20)28(30,31)32/h4,6-9,12-15,18H,3,5,10-11,16-17H2,1-2H3,(H,34,36). The monoisotopic (exact) mass is 563 g/mol. The lowest BCUT2D eigenvalue weighted by molar-refractivity contribution is -0.137. The summed E-state index contributed by atoms with van der Waals surface area (Å²) in [6.45, 7) is 3.66. The average Bonchev–Trinajstić information content (AvgIpc) is 3.29. The van der Waals surface area contributed by atoms with Crippen LogP contribution in [0, 0.1) is 0 Å². The van der Waals surface area contributed by atoms with Crippen molar-refractivity contribution in [1.29, 1.82) is 0 Å². The zero-order valence-electron chi connectivity index (χ0n) is 21.6. The number of nitrogens with zero attached hydrogens (tertiary/aromatic N) is 2. The summed E-state index contributed by atoms with van der Waals surface area (Å²) >= 11 is 0. The summed E-state index contributed by atoms with van der Waals surface area (Å²) in [4.78, 5) is 17.2. The van der Waals surface area contributed by atoms with E-state index in [0.717, 1.165) is 17.7 Å². The first kappa shape index (κ1) is 28.7. The highest BCUT2D eigenvalue weighted by Crippen LogP contribution is 2.30. The van der Waals surface area contributed by atoms with Crippen molar-refractivity contribution in [3.05, 3.63) is 82.5 Å². The van der Waals surface area contributed by atoms with Crippen molar-refractivity contribution in [1.82, 2.24) is 9.62 Å². The minimum atomic E-state index is -4.43. The fraction of sp³-hybridized carbons (Fsp3) is 0.357. The number of furan rings is 1. The van der Waals surface area contributed by atoms with Gasteiger partial charge in [-0.3, -0.25) is 9.79 Å². The third-order valence-corrected chi connectivity index (χ3v) is 7.82. The molecule has 0 spiro atoms. The van der Waals surface area contributed by atoms with Crippen LogP contribution in [0.25, 0.3) is 6.08 Å². The SMILES string of the molecule is CC(C)N(CC(=O)NCC1=CC(c2ccc(C(F)(F)F)cc2)=NC=CCC1)S(=O)c1cc2c(o1)CCC(F)=C2. The molecular weight excluding hydrogens is 534 g/mol. The van der Waals surface area contributed by atoms with E-state index in [2.05, 4.69) is 10.3 Å². The molecule has 0 bridgehead atoms. The number of hydrogen-bond acceptors (Lipinski definition) is 4. The van der Waals surface area contributed by atoms with Gasteiger partial charge in [-0.1, -0.05) is 18.2 Å². The van der Waals surface area contributed by atoms with Crippen molar-refractivity contribution in [2.24, 2.45) is 4.99 Å². The second kappa shape index (κ2) is 12.3. The molecule has 1 aromatic carbocycles. The number of carbonyl (C=O) groups is 1. The number of carbonyl (C=O) groups excluding carboxylic acids is 1. The first-order valence-corrected chi connectivity index (χ1v) is 13.7. The van der Waals surface area contributed by atoms with Crippen LogP contribution < -0.4 is 5.32 Å². The van der Waals surface area contributed by atoms with Gasteiger partial charge in [-0.25, -0.2) is 12.9 Å². The molecule has 0 saturated carbocycles. The highest BCUT2D eigenvalue weighted by molar-refractivity contribution is 7.82. The van der Waals surface area contributed by atoms with E-state index in [0.29, 0.717) is 41.9 Å². The molecule has 39 heavy (non-hydrogen) atoms. The molecule has 1 N–H and O–H groups in total. The van der Waals surface area contributed by atoms with Crippen molar-refractivity contribution in [2.75, 3.05) is 13.1 Å². The van der Waals surface area contributed by atoms with Gasteiger partial charge in [-0.05, 0) is 56.5 Å². The number of aliphatic imine (C=N–C) groups is 1. The van der Waals surface area contributed by atoms with Crippen LogP contribution in [-0.4, -0.2) is 39.3 Å². The molecule has 6 nitrogen and oxygen atoms in total. The summed E-state index contributed by atoms with van der Waals surface area (Å²) in [7, 11) is -1.77. The summed E-state index contributed by atoms with van der Waals surface area (Å²) in [5, 5.41) is 3.01. The number of rotatable bonds is 8. The molecular formula is C28H29F4N3O3S. The van der Waals surface area contributed by atoms with Gasteiger partial charge in [0.05, 0.1) is 17.8 Å². The van der Waals surface area contributed by atoms with Gasteiger partial charge in [-0.15, -0.1) is 0 Å². The van der Waals surface area contributed by atoms with Crippen molar-refractivity contribution in [3.63, 3.8) is 0 Å². The Morgan fingerprint density at radius 1 is 1.15 bits per heavy atom. The van der Waals surface area contributed by atoms with E-state index in [9.17, 15) is 26.6 Å². The Morgan fingerprint density at radius 2 is 1.90 bits per heavy atom. The summed E-state index contributed by atoms with van der Waals surface area (Å²) in [6.07, 6.45) is 4.12. The Bertz CT molecular complexity index is 1360. The van der Waals surface area contributed by atoms with E-state index in [4.69, 9.17) is 4.42 Å². The Balaban J connectivity index is 1.42. The van der Waals surface area contributed by atoms with E-state index in [1.807, 2.05) is 19.9 Å². The predicted octanol–water partition coefficient (Wildman–Crippen LogP) is 6.13. The van der Waals surface area contributed by atoms with Gasteiger partial charge in [0.15, 0.2) is 11.0 Å². The van der Waals surface area contributed by atoms with E-state index >= 15 is 0 Å². The molecule has 11 heteroatoms. The fourth-order valence-corrected chi connectivity index (χ4v) is 5.41. The lowest BCUT2D eigenvalue weighted by Gasteiger charge is -2.23. The van der Waals surface area contributed by atoms with Crippen molar-refractivity contribution < 1.29 is 31.0 Å². The number of alkyl halides is 3. The van der Waals surface area contributed by atoms with Gasteiger partial charge >= 0.3 is 6.18 Å². The second-order valence-electron chi connectivity index (χ2n) is 9.55. The van der Waals surface area contributed by atoms with Crippen LogP contribution in [-0.2, 0) is 28.4 Å². The molecule has 2 aliphatic rings. The van der Waals surface area contributed by atoms with E-state index in [1.54, 1.807) is 18.3 Å². The number of fused-ring (bicyclic) bond motifs is 1. The second-order valence-corrected chi connectivity index (χ2v) is 10.9. The lowest BCUT2D eigenvalue weighted by Crippen LogP contribution is -2.42. The molecule has 208 valence electrons. The summed E-state index contributed by atoms with van der Waals surface area (Å²) in [6, 6.07) is 6.06. The minimum absolute atomic E-state index is 0.160. The van der Waals surface area contributed by atoms with E-state index < -0.39 is 22.7 Å². The van der Waals surface area contributed by atoms with Crippen LogP contribution in [0.15, 0.2) is 74.6 Å². The first-order chi connectivity index (χ1) is 18.5. The Hall–Kier alpha value is -3.31. The molecule has 4 rings (SSSR count). The van der Waals surface area contributed by atoms with Crippen LogP contribution in [0.4, 0.5) is 17.6 Å². The van der Waals surface area contributed by atoms with Crippen LogP contribution >= 0.6 is 0 Å². The molecule has 1 amide bonds. The smallest absolute Gasteiger partial charge is 0.416 e. The van der Waals surface area contributed by atoms with Gasteiger partial charge in [0.25, 0.3) is 0 Å². The summed E-state index contributed by atoms with van der Waals surface area (Å²) in [5.41, 5.74) is 1.68. The molecule has 1 aliphatic heterocycles. The lowest BCUT2D eigenvalue weighted by atomic mass is 10.0. The van der Waals surface area contributed by atoms with Gasteiger partial charge < -0.3 is 9.73 Å². The quantitative estimate of drug-likeness (QED) is 0.393. The predicted molar refractivity (Wildman–Crippen MR) is 142 cm³/mol. The van der Waals surface area contributed by atoms with Crippen LogP contribution in [0.1, 0.15) is 55.6 Å². The van der Waals surface area contributed by atoms with Crippen LogP contribution in [0.5, 0.6) is 0 Å². The Labute approximate surface area is 226 Å². The van der Waals surface area contributed by atoms with Crippen molar-refractivity contribution in [3.8, 4) is 0 Å². The molecule has 2 aromatic rings. The molecule has 0 saturated heterocycles. The third kappa shape index (κ3) is 7.42. The Kier molecular flexibility index (Phi) is 9.01. The van der Waals surface area contributed by atoms with Gasteiger partial charge in [0.2, 0.25) is 11.0 Å². The van der Waals surface area contributed by atoms with Crippen LogP contribution in [0.3, 0.4) is 0 Å². The minimum Gasteiger partial charge on any atom is -0.450 e. The zero-order chi connectivity index (χ0) is 28.2. The topological polar surface area (TPSA) is 74.9 Å². The molecule has 0 radical (unpaired) electrons. The highest BCUT2D eigenvalue weighted by Gasteiger charge is 2.30. The average molecular weight is 564 g/mol.